The Morgan fingerprint density at radius 1 is 1.19 bits per heavy atom. The zero-order valence-corrected chi connectivity index (χ0v) is 17.1. The molecule has 2 rings (SSSR count). The first kappa shape index (κ1) is 21.5. The number of hydrogen-bond acceptors (Lipinski definition) is 5. The molecule has 152 valence electrons. The van der Waals surface area contributed by atoms with Crippen LogP contribution in [0.25, 0.3) is 0 Å². The first-order chi connectivity index (χ1) is 13.1. The Morgan fingerprint density at radius 2 is 1.89 bits per heavy atom. The van der Waals surface area contributed by atoms with Gasteiger partial charge in [0.25, 0.3) is 0 Å². The molecule has 6 heteroatoms. The molecule has 0 saturated carbocycles. The summed E-state index contributed by atoms with van der Waals surface area (Å²) < 4.78 is 16.1. The third-order valence-electron chi connectivity index (χ3n) is 5.45. The minimum Gasteiger partial charge on any atom is -0.497 e. The number of carbonyl (C=O) groups is 1. The fourth-order valence-corrected chi connectivity index (χ4v) is 3.81. The molecule has 1 N–H and O–H groups in total. The van der Waals surface area contributed by atoms with E-state index in [1.165, 1.54) is 0 Å². The van der Waals surface area contributed by atoms with Gasteiger partial charge in [-0.1, -0.05) is 26.7 Å². The van der Waals surface area contributed by atoms with Crippen molar-refractivity contribution in [2.45, 2.75) is 39.2 Å². The fourth-order valence-electron chi connectivity index (χ4n) is 3.81. The highest BCUT2D eigenvalue weighted by Gasteiger charge is 2.27. The van der Waals surface area contributed by atoms with Crippen molar-refractivity contribution in [3.8, 4) is 11.5 Å². The number of ether oxygens (including phenoxy) is 3. The van der Waals surface area contributed by atoms with Crippen LogP contribution in [0.2, 0.25) is 0 Å². The highest BCUT2D eigenvalue weighted by molar-refractivity contribution is 5.79. The predicted molar refractivity (Wildman–Crippen MR) is 107 cm³/mol. The minimum atomic E-state index is 0.00534. The van der Waals surface area contributed by atoms with Crippen molar-refractivity contribution in [1.29, 1.82) is 0 Å². The Balaban J connectivity index is 2.00. The van der Waals surface area contributed by atoms with Crippen molar-refractivity contribution in [2.75, 3.05) is 47.1 Å². The number of rotatable bonds is 10. The number of nitrogens with one attached hydrogen (secondary N) is 1. The zero-order valence-electron chi connectivity index (χ0n) is 17.1. The molecule has 1 aliphatic heterocycles. The topological polar surface area (TPSA) is 60.0 Å². The van der Waals surface area contributed by atoms with Crippen LogP contribution in [0.3, 0.4) is 0 Å². The maximum absolute atomic E-state index is 12.6. The SMILES string of the molecule is CCC(CC)C(CNC(=O)Cc1cc(OC)ccc1OC)N1CCOCC1. The molecule has 0 aromatic heterocycles. The molecule has 1 saturated heterocycles. The largest absolute Gasteiger partial charge is 0.497 e. The van der Waals surface area contributed by atoms with Crippen molar-refractivity contribution >= 4 is 5.91 Å². The Labute approximate surface area is 163 Å². The lowest BCUT2D eigenvalue weighted by atomic mass is 9.92. The van der Waals surface area contributed by atoms with E-state index in [0.717, 1.165) is 50.5 Å². The Bertz CT molecular complexity index is 584. The van der Waals surface area contributed by atoms with Crippen LogP contribution in [0.1, 0.15) is 32.3 Å². The van der Waals surface area contributed by atoms with Gasteiger partial charge in [0, 0.05) is 31.2 Å². The molecule has 1 aromatic carbocycles. The van der Waals surface area contributed by atoms with Crippen LogP contribution in [0.5, 0.6) is 11.5 Å². The molecule has 1 amide bonds. The molecule has 6 nitrogen and oxygen atoms in total. The van der Waals surface area contributed by atoms with Crippen LogP contribution < -0.4 is 14.8 Å². The van der Waals surface area contributed by atoms with E-state index < -0.39 is 0 Å². The van der Waals surface area contributed by atoms with Gasteiger partial charge < -0.3 is 19.5 Å². The minimum absolute atomic E-state index is 0.00534. The van der Waals surface area contributed by atoms with Crippen LogP contribution in [-0.2, 0) is 16.0 Å². The van der Waals surface area contributed by atoms with Crippen LogP contribution in [0, 0.1) is 5.92 Å². The standard InChI is InChI=1S/C21H34N2O4/c1-5-16(6-2)19(23-9-11-27-12-10-23)15-22-21(24)14-17-13-18(25-3)7-8-20(17)26-4/h7-8,13,16,19H,5-6,9-12,14-15H2,1-4H3,(H,22,24). The van der Waals surface area contributed by atoms with Gasteiger partial charge in [0.05, 0.1) is 33.9 Å². The molecule has 1 unspecified atom stereocenters. The lowest BCUT2D eigenvalue weighted by Gasteiger charge is -2.38. The molecule has 1 aliphatic rings. The van der Waals surface area contributed by atoms with Crippen LogP contribution >= 0.6 is 0 Å². The maximum Gasteiger partial charge on any atom is 0.224 e. The molecule has 0 bridgehead atoms. The molecule has 0 spiro atoms. The van der Waals surface area contributed by atoms with Gasteiger partial charge in [-0.15, -0.1) is 0 Å². The van der Waals surface area contributed by atoms with Gasteiger partial charge in [-0.3, -0.25) is 9.69 Å². The molecular formula is C21H34N2O4. The normalized spacial score (nSPS) is 16.2. The third kappa shape index (κ3) is 6.11. The van der Waals surface area contributed by atoms with Crippen LogP contribution in [0.4, 0.5) is 0 Å². The number of amides is 1. The zero-order chi connectivity index (χ0) is 19.6. The quantitative estimate of drug-likeness (QED) is 0.678. The fraction of sp³-hybridized carbons (Fsp3) is 0.667. The summed E-state index contributed by atoms with van der Waals surface area (Å²) in [6.07, 6.45) is 2.50. The van der Waals surface area contributed by atoms with Crippen LogP contribution in [0.15, 0.2) is 18.2 Å². The molecule has 0 aliphatic carbocycles. The lowest BCUT2D eigenvalue weighted by molar-refractivity contribution is -0.121. The molecule has 1 fully saturated rings. The molecule has 1 aromatic rings. The van der Waals surface area contributed by atoms with E-state index >= 15 is 0 Å². The number of hydrogen-bond donors (Lipinski definition) is 1. The number of morpholine rings is 1. The van der Waals surface area contributed by atoms with Gasteiger partial charge in [-0.2, -0.15) is 0 Å². The summed E-state index contributed by atoms with van der Waals surface area (Å²) in [6, 6.07) is 5.88. The molecule has 1 heterocycles. The first-order valence-electron chi connectivity index (χ1n) is 9.92. The first-order valence-corrected chi connectivity index (χ1v) is 9.92. The highest BCUT2D eigenvalue weighted by Crippen LogP contribution is 2.24. The summed E-state index contributed by atoms with van der Waals surface area (Å²) in [5, 5.41) is 3.15. The summed E-state index contributed by atoms with van der Waals surface area (Å²) in [5.41, 5.74) is 0.833. The van der Waals surface area contributed by atoms with Gasteiger partial charge in [0.2, 0.25) is 5.91 Å². The monoisotopic (exact) mass is 378 g/mol. The predicted octanol–water partition coefficient (Wildman–Crippen LogP) is 2.50. The Morgan fingerprint density at radius 3 is 2.48 bits per heavy atom. The van der Waals surface area contributed by atoms with Crippen molar-refractivity contribution in [1.82, 2.24) is 10.2 Å². The smallest absolute Gasteiger partial charge is 0.224 e. The lowest BCUT2D eigenvalue weighted by Crippen LogP contribution is -2.52. The van der Waals surface area contributed by atoms with Gasteiger partial charge in [0.1, 0.15) is 11.5 Å². The molecule has 1 atom stereocenters. The second kappa shape index (κ2) is 11.1. The summed E-state index contributed by atoms with van der Waals surface area (Å²) in [6.45, 7) is 8.52. The van der Waals surface area contributed by atoms with E-state index in [9.17, 15) is 4.79 Å². The van der Waals surface area contributed by atoms with E-state index in [-0.39, 0.29) is 12.3 Å². The van der Waals surface area contributed by atoms with Crippen molar-refractivity contribution < 1.29 is 19.0 Å². The van der Waals surface area contributed by atoms with Crippen molar-refractivity contribution in [2.24, 2.45) is 5.92 Å². The molecule has 0 radical (unpaired) electrons. The second-order valence-electron chi connectivity index (χ2n) is 6.95. The summed E-state index contributed by atoms with van der Waals surface area (Å²) in [4.78, 5) is 15.1. The third-order valence-corrected chi connectivity index (χ3v) is 5.45. The maximum atomic E-state index is 12.6. The summed E-state index contributed by atoms with van der Waals surface area (Å²) >= 11 is 0. The number of carbonyl (C=O) groups excluding carboxylic acids is 1. The molecule has 27 heavy (non-hydrogen) atoms. The van der Waals surface area contributed by atoms with Gasteiger partial charge in [-0.25, -0.2) is 0 Å². The van der Waals surface area contributed by atoms with Crippen LogP contribution in [-0.4, -0.2) is 63.9 Å². The Hall–Kier alpha value is -1.79. The summed E-state index contributed by atoms with van der Waals surface area (Å²) in [7, 11) is 3.24. The van der Waals surface area contributed by atoms with E-state index in [4.69, 9.17) is 14.2 Å². The van der Waals surface area contributed by atoms with Crippen molar-refractivity contribution in [3.63, 3.8) is 0 Å². The average molecular weight is 379 g/mol. The van der Waals surface area contributed by atoms with Gasteiger partial charge in [0.15, 0.2) is 0 Å². The van der Waals surface area contributed by atoms with Gasteiger partial charge >= 0.3 is 0 Å². The van der Waals surface area contributed by atoms with E-state index in [0.29, 0.717) is 24.3 Å². The number of nitrogens with zero attached hydrogens (tertiary/aromatic N) is 1. The summed E-state index contributed by atoms with van der Waals surface area (Å²) in [5.74, 6) is 2.00. The van der Waals surface area contributed by atoms with Crippen molar-refractivity contribution in [3.05, 3.63) is 23.8 Å². The van der Waals surface area contributed by atoms with E-state index in [1.54, 1.807) is 14.2 Å². The van der Waals surface area contributed by atoms with Gasteiger partial charge in [-0.05, 0) is 24.1 Å². The number of benzene rings is 1. The van der Waals surface area contributed by atoms with E-state index in [2.05, 4.69) is 24.1 Å². The second-order valence-corrected chi connectivity index (χ2v) is 6.95. The Kier molecular flexibility index (Phi) is 8.88. The number of methoxy groups -OCH3 is 2. The molecular weight excluding hydrogens is 344 g/mol. The van der Waals surface area contributed by atoms with E-state index in [1.807, 2.05) is 18.2 Å². The highest BCUT2D eigenvalue weighted by atomic mass is 16.5. The average Bonchev–Trinajstić information content (AvgIpc) is 2.71.